The summed E-state index contributed by atoms with van der Waals surface area (Å²) < 4.78 is 1.76. The number of rotatable bonds is 5. The average Bonchev–Trinajstić information content (AvgIpc) is 3.14. The number of aromatic nitrogens is 3. The summed E-state index contributed by atoms with van der Waals surface area (Å²) in [4.78, 5) is 24.5. The van der Waals surface area contributed by atoms with E-state index in [2.05, 4.69) is 31.6 Å². The van der Waals surface area contributed by atoms with Gasteiger partial charge in [0, 0.05) is 6.04 Å². The van der Waals surface area contributed by atoms with Gasteiger partial charge in [-0.05, 0) is 51.9 Å². The quantitative estimate of drug-likeness (QED) is 0.607. The third-order valence-electron chi connectivity index (χ3n) is 4.27. The van der Waals surface area contributed by atoms with E-state index in [9.17, 15) is 9.59 Å². The molecule has 0 aliphatic carbocycles. The molecule has 0 atom stereocenters. The minimum absolute atomic E-state index is 0. The van der Waals surface area contributed by atoms with Gasteiger partial charge < -0.3 is 21.3 Å². The SMILES string of the molecule is CC(C)NC(=O)Nc1ccccc1NC(=O)c1cn(C2CCNCC2)nn1.Cl. The average molecular weight is 408 g/mol. The number of anilines is 2. The number of nitrogens with zero attached hydrogens (tertiary/aromatic N) is 3. The van der Waals surface area contributed by atoms with E-state index >= 15 is 0 Å². The third-order valence-corrected chi connectivity index (χ3v) is 4.27. The zero-order valence-corrected chi connectivity index (χ0v) is 16.8. The number of hydrogen-bond donors (Lipinski definition) is 4. The van der Waals surface area contributed by atoms with Gasteiger partial charge in [-0.1, -0.05) is 17.3 Å². The zero-order valence-electron chi connectivity index (χ0n) is 15.9. The summed E-state index contributed by atoms with van der Waals surface area (Å²) in [5.41, 5.74) is 1.25. The number of carbonyl (C=O) groups is 2. The van der Waals surface area contributed by atoms with Gasteiger partial charge in [-0.2, -0.15) is 0 Å². The molecule has 2 heterocycles. The van der Waals surface area contributed by atoms with E-state index < -0.39 is 0 Å². The van der Waals surface area contributed by atoms with E-state index in [1.54, 1.807) is 35.1 Å². The molecule has 1 saturated heterocycles. The molecule has 152 valence electrons. The van der Waals surface area contributed by atoms with Crippen LogP contribution in [0.15, 0.2) is 30.5 Å². The summed E-state index contributed by atoms with van der Waals surface area (Å²) in [6, 6.07) is 6.96. The number of urea groups is 1. The molecule has 9 nitrogen and oxygen atoms in total. The fraction of sp³-hybridized carbons (Fsp3) is 0.444. The van der Waals surface area contributed by atoms with Crippen LogP contribution in [0.4, 0.5) is 16.2 Å². The van der Waals surface area contributed by atoms with Crippen molar-refractivity contribution < 1.29 is 9.59 Å². The molecule has 1 aliphatic rings. The van der Waals surface area contributed by atoms with Crippen molar-refractivity contribution in [3.05, 3.63) is 36.2 Å². The standard InChI is InChI=1S/C18H25N7O2.ClH/c1-12(2)20-18(27)22-15-6-4-3-5-14(15)21-17(26)16-11-25(24-23-16)13-7-9-19-10-8-13;/h3-6,11-13,19H,7-10H2,1-2H3,(H,21,26)(H2,20,22,27);1H. The topological polar surface area (TPSA) is 113 Å². The fourth-order valence-electron chi connectivity index (χ4n) is 2.94. The highest BCUT2D eigenvalue weighted by Gasteiger charge is 2.19. The van der Waals surface area contributed by atoms with Crippen molar-refractivity contribution in [2.45, 2.75) is 38.8 Å². The molecule has 3 rings (SSSR count). The second-order valence-electron chi connectivity index (χ2n) is 6.82. The number of para-hydroxylation sites is 2. The zero-order chi connectivity index (χ0) is 19.2. The lowest BCUT2D eigenvalue weighted by atomic mass is 10.1. The number of amides is 3. The Labute approximate surface area is 170 Å². The number of halogens is 1. The van der Waals surface area contributed by atoms with Crippen molar-refractivity contribution in [3.8, 4) is 0 Å². The van der Waals surface area contributed by atoms with Gasteiger partial charge in [0.25, 0.3) is 5.91 Å². The molecule has 3 amide bonds. The number of carbonyl (C=O) groups excluding carboxylic acids is 2. The third kappa shape index (κ3) is 5.67. The first-order valence-corrected chi connectivity index (χ1v) is 9.13. The van der Waals surface area contributed by atoms with Gasteiger partial charge in [0.1, 0.15) is 0 Å². The Morgan fingerprint density at radius 1 is 1.14 bits per heavy atom. The highest BCUT2D eigenvalue weighted by Crippen LogP contribution is 2.22. The molecule has 0 radical (unpaired) electrons. The van der Waals surface area contributed by atoms with Gasteiger partial charge in [0.05, 0.1) is 23.6 Å². The van der Waals surface area contributed by atoms with E-state index in [0.717, 1.165) is 25.9 Å². The second-order valence-corrected chi connectivity index (χ2v) is 6.82. The molecule has 4 N–H and O–H groups in total. The summed E-state index contributed by atoms with van der Waals surface area (Å²) in [6.07, 6.45) is 3.59. The Morgan fingerprint density at radius 3 is 2.43 bits per heavy atom. The molecule has 1 aromatic heterocycles. The lowest BCUT2D eigenvalue weighted by Gasteiger charge is -2.22. The minimum Gasteiger partial charge on any atom is -0.336 e. The van der Waals surface area contributed by atoms with Crippen LogP contribution in [0.5, 0.6) is 0 Å². The Balaban J connectivity index is 0.00000280. The van der Waals surface area contributed by atoms with Crippen molar-refractivity contribution in [3.63, 3.8) is 0 Å². The van der Waals surface area contributed by atoms with Crippen LogP contribution in [0.3, 0.4) is 0 Å². The first-order valence-electron chi connectivity index (χ1n) is 9.13. The van der Waals surface area contributed by atoms with Gasteiger partial charge in [-0.15, -0.1) is 17.5 Å². The first-order chi connectivity index (χ1) is 13.0. The largest absolute Gasteiger partial charge is 0.336 e. The van der Waals surface area contributed by atoms with Crippen molar-refractivity contribution in [1.82, 2.24) is 25.6 Å². The second kappa shape index (κ2) is 10.0. The van der Waals surface area contributed by atoms with Crippen molar-refractivity contribution in [2.75, 3.05) is 23.7 Å². The molecule has 2 aromatic rings. The number of piperidine rings is 1. The molecule has 10 heteroatoms. The van der Waals surface area contributed by atoms with Crippen LogP contribution in [0.25, 0.3) is 0 Å². The number of nitrogens with one attached hydrogen (secondary N) is 4. The Morgan fingerprint density at radius 2 is 1.79 bits per heavy atom. The van der Waals surface area contributed by atoms with E-state index in [1.807, 2.05) is 13.8 Å². The lowest BCUT2D eigenvalue weighted by Crippen LogP contribution is -2.34. The van der Waals surface area contributed by atoms with Gasteiger partial charge in [-0.25, -0.2) is 9.48 Å². The van der Waals surface area contributed by atoms with Crippen LogP contribution >= 0.6 is 12.4 Å². The molecule has 28 heavy (non-hydrogen) atoms. The highest BCUT2D eigenvalue weighted by atomic mass is 35.5. The fourth-order valence-corrected chi connectivity index (χ4v) is 2.94. The molecule has 1 aliphatic heterocycles. The Hall–Kier alpha value is -2.65. The molecule has 0 unspecified atom stereocenters. The summed E-state index contributed by atoms with van der Waals surface area (Å²) in [5.74, 6) is -0.367. The monoisotopic (exact) mass is 407 g/mol. The Bertz CT molecular complexity index is 803. The van der Waals surface area contributed by atoms with Crippen LogP contribution in [0, 0.1) is 0 Å². The highest BCUT2D eigenvalue weighted by molar-refractivity contribution is 6.05. The maximum atomic E-state index is 12.6. The van der Waals surface area contributed by atoms with Gasteiger partial charge in [0.15, 0.2) is 5.69 Å². The summed E-state index contributed by atoms with van der Waals surface area (Å²) in [6.45, 7) is 5.62. The summed E-state index contributed by atoms with van der Waals surface area (Å²) in [7, 11) is 0. The number of hydrogen-bond acceptors (Lipinski definition) is 5. The predicted molar refractivity (Wildman–Crippen MR) is 110 cm³/mol. The van der Waals surface area contributed by atoms with Crippen LogP contribution in [0.2, 0.25) is 0 Å². The Kier molecular flexibility index (Phi) is 7.77. The maximum Gasteiger partial charge on any atom is 0.319 e. The molecule has 0 bridgehead atoms. The summed E-state index contributed by atoms with van der Waals surface area (Å²) >= 11 is 0. The van der Waals surface area contributed by atoms with Gasteiger partial charge in [-0.3, -0.25) is 4.79 Å². The summed E-state index contributed by atoms with van der Waals surface area (Å²) in [5, 5.41) is 19.7. The van der Waals surface area contributed by atoms with Crippen LogP contribution in [-0.2, 0) is 0 Å². The van der Waals surface area contributed by atoms with Crippen LogP contribution in [-0.4, -0.2) is 46.1 Å². The molecule has 1 fully saturated rings. The van der Waals surface area contributed by atoms with E-state index in [-0.39, 0.29) is 42.1 Å². The first kappa shape index (κ1) is 21.6. The van der Waals surface area contributed by atoms with E-state index in [1.165, 1.54) is 0 Å². The van der Waals surface area contributed by atoms with Crippen molar-refractivity contribution >= 4 is 35.7 Å². The van der Waals surface area contributed by atoms with Crippen molar-refractivity contribution in [2.24, 2.45) is 0 Å². The maximum absolute atomic E-state index is 12.6. The van der Waals surface area contributed by atoms with Gasteiger partial charge in [0.2, 0.25) is 0 Å². The lowest BCUT2D eigenvalue weighted by molar-refractivity contribution is 0.102. The van der Waals surface area contributed by atoms with Crippen LogP contribution in [0.1, 0.15) is 43.2 Å². The molecule has 0 spiro atoms. The predicted octanol–water partition coefficient (Wildman–Crippen LogP) is 2.41. The smallest absolute Gasteiger partial charge is 0.319 e. The normalized spacial score (nSPS) is 14.2. The van der Waals surface area contributed by atoms with E-state index in [4.69, 9.17) is 0 Å². The molecular formula is C18H26ClN7O2. The molecule has 1 aromatic carbocycles. The minimum atomic E-state index is -0.367. The number of benzene rings is 1. The van der Waals surface area contributed by atoms with Crippen LogP contribution < -0.4 is 21.3 Å². The van der Waals surface area contributed by atoms with Crippen molar-refractivity contribution in [1.29, 1.82) is 0 Å². The van der Waals surface area contributed by atoms with Gasteiger partial charge >= 0.3 is 6.03 Å². The van der Waals surface area contributed by atoms with E-state index in [0.29, 0.717) is 11.4 Å². The molecule has 0 saturated carbocycles. The molecular weight excluding hydrogens is 382 g/mol.